The number of amides is 1. The molecular weight excluding hydrogens is 463 g/mol. The second kappa shape index (κ2) is 9.27. The molecule has 1 atom stereocenters. The monoisotopic (exact) mass is 484 g/mol. The number of nitrogens with zero attached hydrogens (tertiary/aromatic N) is 1. The highest BCUT2D eigenvalue weighted by Crippen LogP contribution is 2.44. The van der Waals surface area contributed by atoms with Crippen molar-refractivity contribution in [1.29, 1.82) is 0 Å². The second-order valence-electron chi connectivity index (χ2n) is 8.20. The Morgan fingerprint density at radius 1 is 0.886 bits per heavy atom. The number of carbonyl (C=O) groups is 1. The molecule has 7 heteroatoms. The Balaban J connectivity index is 1.38. The van der Waals surface area contributed by atoms with Gasteiger partial charge in [-0.3, -0.25) is 9.78 Å². The topological polar surface area (TPSA) is 76.1 Å². The van der Waals surface area contributed by atoms with Crippen LogP contribution >= 0.6 is 0 Å². The Hall–Kier alpha value is -4.10. The van der Waals surface area contributed by atoms with Crippen molar-refractivity contribution >= 4 is 21.3 Å². The number of carbonyl (C=O) groups excluding carboxylic acids is 1. The summed E-state index contributed by atoms with van der Waals surface area (Å²) in [6.07, 6.45) is 5.14. The summed E-state index contributed by atoms with van der Waals surface area (Å²) in [6, 6.07) is 23.0. The molecule has 174 valence electrons. The van der Waals surface area contributed by atoms with Crippen LogP contribution in [0.15, 0.2) is 108 Å². The first-order valence-corrected chi connectivity index (χ1v) is 12.6. The summed E-state index contributed by atoms with van der Waals surface area (Å²) < 4.78 is 40.3. The van der Waals surface area contributed by atoms with E-state index in [0.717, 1.165) is 27.8 Å². The number of rotatable bonds is 6. The summed E-state index contributed by atoms with van der Waals surface area (Å²) in [7, 11) is -3.75. The average Bonchev–Trinajstić information content (AvgIpc) is 3.29. The minimum Gasteiger partial charge on any atom is -0.348 e. The fourth-order valence-electron chi connectivity index (χ4n) is 4.19. The first-order chi connectivity index (χ1) is 16.9. The summed E-state index contributed by atoms with van der Waals surface area (Å²) in [6.45, 7) is 0.237. The maximum absolute atomic E-state index is 13.6. The van der Waals surface area contributed by atoms with E-state index in [1.165, 1.54) is 36.4 Å². The quantitative estimate of drug-likeness (QED) is 0.413. The molecule has 1 N–H and O–H groups in total. The molecule has 1 aliphatic carbocycles. The van der Waals surface area contributed by atoms with Crippen molar-refractivity contribution in [2.75, 3.05) is 0 Å². The lowest BCUT2D eigenvalue weighted by molar-refractivity contribution is 0.0951. The van der Waals surface area contributed by atoms with Gasteiger partial charge in [-0.15, -0.1) is 0 Å². The lowest BCUT2D eigenvalue weighted by Gasteiger charge is -2.13. The summed E-state index contributed by atoms with van der Waals surface area (Å²) in [5, 5.41) is 1.93. The van der Waals surface area contributed by atoms with Crippen LogP contribution in [-0.2, 0) is 16.4 Å². The summed E-state index contributed by atoms with van der Waals surface area (Å²) >= 11 is 0. The molecule has 5 nitrogen and oxygen atoms in total. The number of benzene rings is 3. The predicted molar refractivity (Wildman–Crippen MR) is 132 cm³/mol. The van der Waals surface area contributed by atoms with E-state index in [2.05, 4.69) is 10.3 Å². The Morgan fingerprint density at radius 2 is 1.57 bits per heavy atom. The molecule has 0 spiro atoms. The maximum Gasteiger partial charge on any atom is 0.251 e. The number of fused-ring (bicyclic) bond motifs is 1. The van der Waals surface area contributed by atoms with Crippen molar-refractivity contribution in [2.24, 2.45) is 0 Å². The molecule has 0 saturated carbocycles. The second-order valence-corrected chi connectivity index (χ2v) is 10.3. The van der Waals surface area contributed by atoms with Crippen molar-refractivity contribution in [3.05, 3.63) is 137 Å². The van der Waals surface area contributed by atoms with Gasteiger partial charge >= 0.3 is 0 Å². The van der Waals surface area contributed by atoms with Crippen molar-refractivity contribution in [2.45, 2.75) is 16.7 Å². The van der Waals surface area contributed by atoms with Gasteiger partial charge in [-0.05, 0) is 76.4 Å². The number of hydrogen-bond donors (Lipinski definition) is 1. The molecule has 0 bridgehead atoms. The number of sulfone groups is 1. The molecule has 0 radical (unpaired) electrons. The van der Waals surface area contributed by atoms with E-state index in [4.69, 9.17) is 0 Å². The minimum absolute atomic E-state index is 0.139. The first-order valence-electron chi connectivity index (χ1n) is 11.0. The Labute approximate surface area is 202 Å². The van der Waals surface area contributed by atoms with Crippen molar-refractivity contribution in [1.82, 2.24) is 10.3 Å². The fourth-order valence-corrected chi connectivity index (χ4v) is 5.85. The SMILES string of the molecule is O=C(NCc1ccc(F)cc1)c1ccc(S(=O)(=O)C2C=C(c3ccncc3)c3ccccc32)cc1. The molecule has 0 aliphatic heterocycles. The molecule has 1 amide bonds. The van der Waals surface area contributed by atoms with Gasteiger partial charge in [-0.25, -0.2) is 12.8 Å². The predicted octanol–water partition coefficient (Wildman–Crippen LogP) is 5.11. The van der Waals surface area contributed by atoms with Crippen LogP contribution in [0.4, 0.5) is 4.39 Å². The summed E-state index contributed by atoms with van der Waals surface area (Å²) in [4.78, 5) is 16.7. The molecule has 1 heterocycles. The number of halogens is 1. The highest BCUT2D eigenvalue weighted by molar-refractivity contribution is 7.91. The van der Waals surface area contributed by atoms with E-state index < -0.39 is 15.1 Å². The van der Waals surface area contributed by atoms with E-state index in [0.29, 0.717) is 5.56 Å². The third-order valence-corrected chi connectivity index (χ3v) is 8.00. The number of aromatic nitrogens is 1. The van der Waals surface area contributed by atoms with Crippen LogP contribution in [0.3, 0.4) is 0 Å². The average molecular weight is 485 g/mol. The van der Waals surface area contributed by atoms with Gasteiger partial charge in [0, 0.05) is 24.5 Å². The van der Waals surface area contributed by atoms with Crippen LogP contribution in [-0.4, -0.2) is 19.3 Å². The Morgan fingerprint density at radius 3 is 2.29 bits per heavy atom. The van der Waals surface area contributed by atoms with Crippen LogP contribution in [0.25, 0.3) is 5.57 Å². The van der Waals surface area contributed by atoms with Gasteiger partial charge in [0.2, 0.25) is 0 Å². The van der Waals surface area contributed by atoms with Crippen LogP contribution in [0.1, 0.15) is 37.9 Å². The number of pyridine rings is 1. The van der Waals surface area contributed by atoms with Gasteiger partial charge in [-0.1, -0.05) is 42.5 Å². The maximum atomic E-state index is 13.6. The lowest BCUT2D eigenvalue weighted by atomic mass is 10.0. The van der Waals surface area contributed by atoms with Crippen LogP contribution in [0.2, 0.25) is 0 Å². The van der Waals surface area contributed by atoms with Crippen molar-refractivity contribution in [3.63, 3.8) is 0 Å². The van der Waals surface area contributed by atoms with E-state index in [1.807, 2.05) is 36.4 Å². The zero-order valence-electron chi connectivity index (χ0n) is 18.6. The molecule has 4 aromatic rings. The fraction of sp³-hybridized carbons (Fsp3) is 0.0714. The minimum atomic E-state index is -3.75. The van der Waals surface area contributed by atoms with E-state index in [1.54, 1.807) is 30.6 Å². The van der Waals surface area contributed by atoms with Crippen LogP contribution in [0, 0.1) is 5.82 Å². The number of nitrogens with one attached hydrogen (secondary N) is 1. The molecule has 1 aliphatic rings. The lowest BCUT2D eigenvalue weighted by Crippen LogP contribution is -2.22. The van der Waals surface area contributed by atoms with Crippen LogP contribution < -0.4 is 5.32 Å². The van der Waals surface area contributed by atoms with E-state index in [-0.39, 0.29) is 23.2 Å². The van der Waals surface area contributed by atoms with Gasteiger partial charge in [0.1, 0.15) is 11.1 Å². The largest absolute Gasteiger partial charge is 0.348 e. The third kappa shape index (κ3) is 4.50. The zero-order chi connectivity index (χ0) is 24.4. The highest BCUT2D eigenvalue weighted by atomic mass is 32.2. The first kappa shape index (κ1) is 22.7. The van der Waals surface area contributed by atoms with Crippen LogP contribution in [0.5, 0.6) is 0 Å². The number of hydrogen-bond acceptors (Lipinski definition) is 4. The zero-order valence-corrected chi connectivity index (χ0v) is 19.4. The highest BCUT2D eigenvalue weighted by Gasteiger charge is 2.34. The van der Waals surface area contributed by atoms with Crippen molar-refractivity contribution in [3.8, 4) is 0 Å². The molecule has 0 fully saturated rings. The molecular formula is C28H21FN2O3S. The molecule has 3 aromatic carbocycles. The third-order valence-electron chi connectivity index (χ3n) is 6.01. The molecule has 1 aromatic heterocycles. The smallest absolute Gasteiger partial charge is 0.251 e. The van der Waals surface area contributed by atoms with Crippen molar-refractivity contribution < 1.29 is 17.6 Å². The summed E-state index contributed by atoms with van der Waals surface area (Å²) in [5.74, 6) is -0.686. The Kier molecular flexibility index (Phi) is 6.01. The standard InChI is InChI=1S/C28H21FN2O3S/c29-22-9-5-19(6-10-22)18-31-28(32)21-7-11-23(12-8-21)35(33,34)27-17-26(20-13-15-30-16-14-20)24-3-1-2-4-25(24)27/h1-17,27H,18H2,(H,31,32). The molecule has 5 rings (SSSR count). The molecule has 35 heavy (non-hydrogen) atoms. The molecule has 0 saturated heterocycles. The van der Waals surface area contributed by atoms with Gasteiger partial charge in [0.15, 0.2) is 9.84 Å². The Bertz CT molecular complexity index is 1510. The van der Waals surface area contributed by atoms with Gasteiger partial charge < -0.3 is 5.32 Å². The van der Waals surface area contributed by atoms with Gasteiger partial charge in [0.25, 0.3) is 5.91 Å². The van der Waals surface area contributed by atoms with Gasteiger partial charge in [0.05, 0.1) is 4.90 Å². The van der Waals surface area contributed by atoms with E-state index in [9.17, 15) is 17.6 Å². The van der Waals surface area contributed by atoms with Gasteiger partial charge in [-0.2, -0.15) is 0 Å². The summed E-state index contributed by atoms with van der Waals surface area (Å²) in [5.41, 5.74) is 4.46. The normalized spacial score (nSPS) is 14.8. The van der Waals surface area contributed by atoms with E-state index >= 15 is 0 Å². The molecule has 1 unspecified atom stereocenters.